The summed E-state index contributed by atoms with van der Waals surface area (Å²) < 4.78 is 5.29. The van der Waals surface area contributed by atoms with E-state index in [0.29, 0.717) is 23.6 Å². The van der Waals surface area contributed by atoms with Crippen molar-refractivity contribution in [3.8, 4) is 11.3 Å². The lowest BCUT2D eigenvalue weighted by atomic mass is 10.1. The number of hydrogen-bond donors (Lipinski definition) is 1. The van der Waals surface area contributed by atoms with Crippen molar-refractivity contribution in [3.05, 3.63) is 53.7 Å². The van der Waals surface area contributed by atoms with Crippen molar-refractivity contribution in [1.82, 2.24) is 10.5 Å². The monoisotopic (exact) mass is 256 g/mol. The fourth-order valence-electron chi connectivity index (χ4n) is 1.79. The Balaban J connectivity index is 2.39. The Hall–Kier alpha value is -2.36. The Morgan fingerprint density at radius 2 is 2.05 bits per heavy atom. The smallest absolute Gasteiger partial charge is 0.257 e. The SMILES string of the molecule is C=CCNC(=O)c1c(C)noc1-c1ccc(C)cc1. The standard InChI is InChI=1S/C15H16N2O2/c1-4-9-16-15(18)13-11(3)17-19-14(13)12-7-5-10(2)6-8-12/h4-8H,1,9H2,2-3H3,(H,16,18). The number of hydrogen-bond acceptors (Lipinski definition) is 3. The van der Waals surface area contributed by atoms with Gasteiger partial charge in [0.25, 0.3) is 5.91 Å². The third-order valence-corrected chi connectivity index (χ3v) is 2.81. The van der Waals surface area contributed by atoms with E-state index in [1.54, 1.807) is 13.0 Å². The third kappa shape index (κ3) is 2.73. The summed E-state index contributed by atoms with van der Waals surface area (Å²) in [5.74, 6) is 0.299. The molecule has 4 heteroatoms. The Bertz CT molecular complexity index is 597. The van der Waals surface area contributed by atoms with Crippen molar-refractivity contribution >= 4 is 5.91 Å². The minimum atomic E-state index is -0.200. The van der Waals surface area contributed by atoms with Crippen molar-refractivity contribution in [2.24, 2.45) is 0 Å². The maximum absolute atomic E-state index is 12.1. The maximum atomic E-state index is 12.1. The summed E-state index contributed by atoms with van der Waals surface area (Å²) >= 11 is 0. The van der Waals surface area contributed by atoms with Gasteiger partial charge in [0.2, 0.25) is 0 Å². The quantitative estimate of drug-likeness (QED) is 0.856. The fourth-order valence-corrected chi connectivity index (χ4v) is 1.79. The molecule has 2 rings (SSSR count). The normalized spacial score (nSPS) is 10.2. The first-order valence-electron chi connectivity index (χ1n) is 6.06. The van der Waals surface area contributed by atoms with E-state index in [0.717, 1.165) is 11.1 Å². The summed E-state index contributed by atoms with van der Waals surface area (Å²) in [7, 11) is 0. The van der Waals surface area contributed by atoms with Gasteiger partial charge in [-0.1, -0.05) is 41.1 Å². The zero-order valence-electron chi connectivity index (χ0n) is 11.1. The van der Waals surface area contributed by atoms with Crippen LogP contribution in [0.25, 0.3) is 11.3 Å². The molecule has 0 aliphatic rings. The number of benzene rings is 1. The molecule has 0 fully saturated rings. The second kappa shape index (κ2) is 5.52. The summed E-state index contributed by atoms with van der Waals surface area (Å²) in [6, 6.07) is 7.77. The Morgan fingerprint density at radius 1 is 1.37 bits per heavy atom. The van der Waals surface area contributed by atoms with Crippen LogP contribution in [0, 0.1) is 13.8 Å². The second-order valence-corrected chi connectivity index (χ2v) is 4.34. The molecular formula is C15H16N2O2. The molecule has 0 atom stereocenters. The largest absolute Gasteiger partial charge is 0.355 e. The first-order chi connectivity index (χ1) is 9.13. The van der Waals surface area contributed by atoms with E-state index in [-0.39, 0.29) is 5.91 Å². The molecule has 0 spiro atoms. The van der Waals surface area contributed by atoms with Gasteiger partial charge in [-0.2, -0.15) is 0 Å². The van der Waals surface area contributed by atoms with Crippen molar-refractivity contribution in [2.75, 3.05) is 6.54 Å². The zero-order valence-corrected chi connectivity index (χ0v) is 11.1. The molecule has 0 radical (unpaired) electrons. The maximum Gasteiger partial charge on any atom is 0.257 e. The van der Waals surface area contributed by atoms with Crippen molar-refractivity contribution in [2.45, 2.75) is 13.8 Å². The summed E-state index contributed by atoms with van der Waals surface area (Å²) in [6.07, 6.45) is 1.63. The van der Waals surface area contributed by atoms with Gasteiger partial charge in [0.05, 0.1) is 5.69 Å². The third-order valence-electron chi connectivity index (χ3n) is 2.81. The minimum Gasteiger partial charge on any atom is -0.355 e. The summed E-state index contributed by atoms with van der Waals surface area (Å²) in [5, 5.41) is 6.62. The topological polar surface area (TPSA) is 55.1 Å². The van der Waals surface area contributed by atoms with Gasteiger partial charge in [0, 0.05) is 12.1 Å². The van der Waals surface area contributed by atoms with E-state index in [2.05, 4.69) is 17.1 Å². The van der Waals surface area contributed by atoms with Gasteiger partial charge in [-0.3, -0.25) is 4.79 Å². The highest BCUT2D eigenvalue weighted by molar-refractivity contribution is 6.00. The lowest BCUT2D eigenvalue weighted by molar-refractivity contribution is 0.0957. The summed E-state index contributed by atoms with van der Waals surface area (Å²) in [6.45, 7) is 7.75. The molecule has 98 valence electrons. The van der Waals surface area contributed by atoms with E-state index >= 15 is 0 Å². The van der Waals surface area contributed by atoms with Crippen molar-refractivity contribution in [1.29, 1.82) is 0 Å². The minimum absolute atomic E-state index is 0.200. The molecule has 0 bridgehead atoms. The summed E-state index contributed by atoms with van der Waals surface area (Å²) in [5.41, 5.74) is 3.05. The highest BCUT2D eigenvalue weighted by Gasteiger charge is 2.21. The fraction of sp³-hybridized carbons (Fsp3) is 0.200. The molecule has 1 N–H and O–H groups in total. The molecule has 0 saturated carbocycles. The first-order valence-corrected chi connectivity index (χ1v) is 6.06. The molecule has 1 heterocycles. The molecule has 0 aliphatic heterocycles. The number of carbonyl (C=O) groups is 1. The number of aromatic nitrogens is 1. The van der Waals surface area contributed by atoms with Gasteiger partial charge in [0.1, 0.15) is 5.56 Å². The highest BCUT2D eigenvalue weighted by Crippen LogP contribution is 2.26. The number of aryl methyl sites for hydroxylation is 2. The van der Waals surface area contributed by atoms with Crippen LogP contribution in [0.2, 0.25) is 0 Å². The van der Waals surface area contributed by atoms with Crippen LogP contribution in [-0.4, -0.2) is 17.6 Å². The first kappa shape index (κ1) is 13.1. The molecule has 1 aromatic heterocycles. The Morgan fingerprint density at radius 3 is 2.68 bits per heavy atom. The Labute approximate surface area is 112 Å². The van der Waals surface area contributed by atoms with E-state index < -0.39 is 0 Å². The van der Waals surface area contributed by atoms with E-state index in [1.165, 1.54) is 0 Å². The van der Waals surface area contributed by atoms with Crippen LogP contribution in [0.5, 0.6) is 0 Å². The van der Waals surface area contributed by atoms with Gasteiger partial charge < -0.3 is 9.84 Å². The van der Waals surface area contributed by atoms with Crippen LogP contribution < -0.4 is 5.32 Å². The molecule has 0 unspecified atom stereocenters. The van der Waals surface area contributed by atoms with Crippen molar-refractivity contribution < 1.29 is 9.32 Å². The molecular weight excluding hydrogens is 240 g/mol. The van der Waals surface area contributed by atoms with E-state index in [1.807, 2.05) is 31.2 Å². The summed E-state index contributed by atoms with van der Waals surface area (Å²) in [4.78, 5) is 12.1. The van der Waals surface area contributed by atoms with E-state index in [4.69, 9.17) is 4.52 Å². The number of nitrogens with one attached hydrogen (secondary N) is 1. The predicted octanol–water partition coefficient (Wildman–Crippen LogP) is 2.87. The van der Waals surface area contributed by atoms with Gasteiger partial charge in [-0.25, -0.2) is 0 Å². The Kier molecular flexibility index (Phi) is 3.80. The van der Waals surface area contributed by atoms with Crippen LogP contribution in [0.3, 0.4) is 0 Å². The average molecular weight is 256 g/mol. The molecule has 1 amide bonds. The van der Waals surface area contributed by atoms with Gasteiger partial charge in [-0.05, 0) is 13.8 Å². The molecule has 19 heavy (non-hydrogen) atoms. The molecule has 2 aromatic rings. The number of rotatable bonds is 4. The predicted molar refractivity (Wildman–Crippen MR) is 73.9 cm³/mol. The highest BCUT2D eigenvalue weighted by atomic mass is 16.5. The van der Waals surface area contributed by atoms with Crippen LogP contribution in [-0.2, 0) is 0 Å². The second-order valence-electron chi connectivity index (χ2n) is 4.34. The van der Waals surface area contributed by atoms with Crippen LogP contribution in [0.4, 0.5) is 0 Å². The molecule has 1 aromatic carbocycles. The van der Waals surface area contributed by atoms with Crippen LogP contribution in [0.1, 0.15) is 21.6 Å². The van der Waals surface area contributed by atoms with Gasteiger partial charge >= 0.3 is 0 Å². The average Bonchev–Trinajstić information content (AvgIpc) is 2.79. The lowest BCUT2D eigenvalue weighted by Crippen LogP contribution is -2.24. The number of carbonyl (C=O) groups excluding carboxylic acids is 1. The molecule has 0 saturated heterocycles. The van der Waals surface area contributed by atoms with Gasteiger partial charge in [0.15, 0.2) is 5.76 Å². The zero-order chi connectivity index (χ0) is 13.8. The number of nitrogens with zero attached hydrogens (tertiary/aromatic N) is 1. The lowest BCUT2D eigenvalue weighted by Gasteiger charge is -2.03. The van der Waals surface area contributed by atoms with Gasteiger partial charge in [-0.15, -0.1) is 6.58 Å². The van der Waals surface area contributed by atoms with Crippen LogP contribution >= 0.6 is 0 Å². The van der Waals surface area contributed by atoms with Crippen molar-refractivity contribution in [3.63, 3.8) is 0 Å². The molecule has 4 nitrogen and oxygen atoms in total. The number of amides is 1. The van der Waals surface area contributed by atoms with E-state index in [9.17, 15) is 4.79 Å². The van der Waals surface area contributed by atoms with Crippen LogP contribution in [0.15, 0.2) is 41.4 Å². The molecule has 0 aliphatic carbocycles.